The van der Waals surface area contributed by atoms with Crippen molar-refractivity contribution in [3.8, 4) is 0 Å². The van der Waals surface area contributed by atoms with Gasteiger partial charge < -0.3 is 20.1 Å². The Labute approximate surface area is 246 Å². The number of carbonyl (C=O) groups is 2. The molecule has 5 aromatic carbocycles. The Morgan fingerprint density at radius 1 is 0.595 bits per heavy atom. The van der Waals surface area contributed by atoms with Crippen LogP contribution in [0.25, 0.3) is 21.5 Å². The quantitative estimate of drug-likeness (QED) is 0.166. The van der Waals surface area contributed by atoms with Crippen LogP contribution >= 0.6 is 0 Å². The van der Waals surface area contributed by atoms with Crippen molar-refractivity contribution in [3.63, 3.8) is 0 Å². The maximum absolute atomic E-state index is 13.3. The molecule has 0 radical (unpaired) electrons. The monoisotopic (exact) mass is 560 g/mol. The Kier molecular flexibility index (Phi) is 8.72. The van der Waals surface area contributed by atoms with Gasteiger partial charge in [-0.2, -0.15) is 0 Å². The summed E-state index contributed by atoms with van der Waals surface area (Å²) in [6.07, 6.45) is 0. The van der Waals surface area contributed by atoms with Crippen LogP contribution in [0.15, 0.2) is 97.1 Å². The van der Waals surface area contributed by atoms with E-state index >= 15 is 0 Å². The first-order valence-electron chi connectivity index (χ1n) is 14.4. The van der Waals surface area contributed by atoms with Gasteiger partial charge in [0.25, 0.3) is 0 Å². The van der Waals surface area contributed by atoms with E-state index in [1.54, 1.807) is 26.0 Å². The molecule has 0 aliphatic carbocycles. The maximum atomic E-state index is 13.3. The molecule has 0 aliphatic rings. The molecule has 2 atom stereocenters. The third-order valence-electron chi connectivity index (χ3n) is 7.47. The minimum atomic E-state index is -0.471. The summed E-state index contributed by atoms with van der Waals surface area (Å²) in [7, 11) is 0. The summed E-state index contributed by atoms with van der Waals surface area (Å²) in [5.41, 5.74) is 3.83. The normalized spacial score (nSPS) is 12.5. The van der Waals surface area contributed by atoms with Crippen LogP contribution in [0.3, 0.4) is 0 Å². The molecule has 0 spiro atoms. The van der Waals surface area contributed by atoms with E-state index in [4.69, 9.17) is 9.47 Å². The predicted octanol–water partition coefficient (Wildman–Crippen LogP) is 8.69. The lowest BCUT2D eigenvalue weighted by molar-refractivity contribution is 0.0513. The van der Waals surface area contributed by atoms with Crippen molar-refractivity contribution < 1.29 is 19.1 Å². The summed E-state index contributed by atoms with van der Waals surface area (Å²) in [6.45, 7) is 8.08. The number of fused-ring (bicyclic) bond motifs is 2. The van der Waals surface area contributed by atoms with Gasteiger partial charge in [-0.3, -0.25) is 0 Å². The van der Waals surface area contributed by atoms with Crippen LogP contribution in [-0.2, 0) is 9.47 Å². The number of benzene rings is 5. The third kappa shape index (κ3) is 5.93. The second kappa shape index (κ2) is 12.8. The molecule has 6 nitrogen and oxygen atoms in total. The number of anilines is 2. The molecule has 214 valence electrons. The maximum Gasteiger partial charge on any atom is 0.340 e. The fourth-order valence-corrected chi connectivity index (χ4v) is 5.47. The van der Waals surface area contributed by atoms with Gasteiger partial charge in [0, 0.05) is 12.1 Å². The average Bonchev–Trinajstić information content (AvgIpc) is 3.01. The van der Waals surface area contributed by atoms with Gasteiger partial charge in [0.05, 0.1) is 35.7 Å². The molecule has 0 bridgehead atoms. The first-order chi connectivity index (χ1) is 20.4. The van der Waals surface area contributed by atoms with Gasteiger partial charge >= 0.3 is 11.9 Å². The molecule has 0 saturated carbocycles. The van der Waals surface area contributed by atoms with Gasteiger partial charge in [0.1, 0.15) is 0 Å². The van der Waals surface area contributed by atoms with Crippen molar-refractivity contribution in [2.24, 2.45) is 0 Å². The topological polar surface area (TPSA) is 76.7 Å². The lowest BCUT2D eigenvalue weighted by Gasteiger charge is -2.24. The smallest absolute Gasteiger partial charge is 0.340 e. The van der Waals surface area contributed by atoms with Crippen molar-refractivity contribution in [3.05, 3.63) is 119 Å². The number of nitrogens with one attached hydrogen (secondary N) is 2. The molecule has 6 heteroatoms. The number of carbonyl (C=O) groups excluding carboxylic acids is 2. The number of esters is 2. The van der Waals surface area contributed by atoms with E-state index in [2.05, 4.69) is 59.2 Å². The van der Waals surface area contributed by atoms with Crippen LogP contribution < -0.4 is 10.6 Å². The van der Waals surface area contributed by atoms with Crippen LogP contribution in [0, 0.1) is 0 Å². The fourth-order valence-electron chi connectivity index (χ4n) is 5.47. The van der Waals surface area contributed by atoms with Crippen LogP contribution in [0.5, 0.6) is 0 Å². The highest BCUT2D eigenvalue weighted by atomic mass is 16.5. The van der Waals surface area contributed by atoms with Gasteiger partial charge in [0.2, 0.25) is 0 Å². The number of hydrogen-bond donors (Lipinski definition) is 2. The summed E-state index contributed by atoms with van der Waals surface area (Å²) < 4.78 is 10.9. The first kappa shape index (κ1) is 28.7. The summed E-state index contributed by atoms with van der Waals surface area (Å²) in [4.78, 5) is 26.6. The Hall–Kier alpha value is -4.84. The molecule has 42 heavy (non-hydrogen) atoms. The van der Waals surface area contributed by atoms with Crippen LogP contribution in [-0.4, -0.2) is 25.2 Å². The third-order valence-corrected chi connectivity index (χ3v) is 7.47. The molecule has 0 aliphatic heterocycles. The highest BCUT2D eigenvalue weighted by Gasteiger charge is 2.24. The molecule has 0 amide bonds. The second-order valence-electron chi connectivity index (χ2n) is 10.3. The average molecular weight is 561 g/mol. The Balaban J connectivity index is 1.58. The molecule has 5 rings (SSSR count). The van der Waals surface area contributed by atoms with Crippen LogP contribution in [0.4, 0.5) is 11.4 Å². The predicted molar refractivity (Wildman–Crippen MR) is 170 cm³/mol. The molecule has 2 N–H and O–H groups in total. The number of rotatable bonds is 10. The van der Waals surface area contributed by atoms with Crippen LogP contribution in [0.2, 0.25) is 0 Å². The van der Waals surface area contributed by atoms with E-state index in [1.165, 1.54) is 0 Å². The molecular weight excluding hydrogens is 524 g/mol. The number of ether oxygens (including phenoxy) is 2. The molecule has 5 aromatic rings. The van der Waals surface area contributed by atoms with E-state index < -0.39 is 11.9 Å². The lowest BCUT2D eigenvalue weighted by Crippen LogP contribution is -2.18. The Morgan fingerprint density at radius 3 is 1.38 bits per heavy atom. The summed E-state index contributed by atoms with van der Waals surface area (Å²) in [6, 6.07) is 31.8. The zero-order valence-electron chi connectivity index (χ0n) is 24.4. The van der Waals surface area contributed by atoms with Crippen LogP contribution in [0.1, 0.15) is 71.6 Å². The standard InChI is InChI=1S/C36H36N2O4/c1-5-41-35(39)31-21-34(38-24(4)28-20-12-16-26-14-8-10-18-30(26)28)32(36(40)42-6-2)22-33(31)37-23(3)27-19-11-15-25-13-7-9-17-29(25)27/h7-24,37-38H,5-6H2,1-4H3/t23-,24-/m0/s1. The van der Waals surface area contributed by atoms with E-state index in [0.717, 1.165) is 32.7 Å². The Morgan fingerprint density at radius 2 is 0.976 bits per heavy atom. The molecular formula is C36H36N2O4. The SMILES string of the molecule is CCOC(=O)c1cc(N[C@@H](C)c2cccc3ccccc23)c(C(=O)OCC)cc1N[C@@H](C)c1cccc2ccccc12. The summed E-state index contributed by atoms with van der Waals surface area (Å²) >= 11 is 0. The van der Waals surface area contributed by atoms with Crippen molar-refractivity contribution in [2.45, 2.75) is 39.8 Å². The van der Waals surface area contributed by atoms with Gasteiger partial charge in [-0.1, -0.05) is 84.9 Å². The first-order valence-corrected chi connectivity index (χ1v) is 14.4. The van der Waals surface area contributed by atoms with E-state index in [9.17, 15) is 9.59 Å². The van der Waals surface area contributed by atoms with Crippen molar-refractivity contribution in [1.82, 2.24) is 0 Å². The number of hydrogen-bond acceptors (Lipinski definition) is 6. The zero-order chi connectivity index (χ0) is 29.6. The van der Waals surface area contributed by atoms with Gasteiger partial charge in [-0.15, -0.1) is 0 Å². The Bertz CT molecular complexity index is 1610. The minimum absolute atomic E-state index is 0.173. The summed E-state index contributed by atoms with van der Waals surface area (Å²) in [5.74, 6) is -0.942. The highest BCUT2D eigenvalue weighted by molar-refractivity contribution is 6.03. The van der Waals surface area contributed by atoms with E-state index in [-0.39, 0.29) is 25.3 Å². The minimum Gasteiger partial charge on any atom is -0.462 e. The van der Waals surface area contributed by atoms with Gasteiger partial charge in [-0.05, 0) is 72.5 Å². The largest absolute Gasteiger partial charge is 0.462 e. The fraction of sp³-hybridized carbons (Fsp3) is 0.222. The molecule has 0 unspecified atom stereocenters. The molecule has 0 saturated heterocycles. The van der Waals surface area contributed by atoms with Crippen molar-refractivity contribution in [1.29, 1.82) is 0 Å². The van der Waals surface area contributed by atoms with Crippen molar-refractivity contribution in [2.75, 3.05) is 23.8 Å². The second-order valence-corrected chi connectivity index (χ2v) is 10.3. The van der Waals surface area contributed by atoms with Crippen molar-refractivity contribution >= 4 is 44.9 Å². The molecule has 0 heterocycles. The van der Waals surface area contributed by atoms with E-state index in [1.807, 2.05) is 50.2 Å². The molecule has 0 aromatic heterocycles. The zero-order valence-corrected chi connectivity index (χ0v) is 24.4. The highest BCUT2D eigenvalue weighted by Crippen LogP contribution is 2.34. The van der Waals surface area contributed by atoms with Gasteiger partial charge in [0.15, 0.2) is 0 Å². The lowest BCUT2D eigenvalue weighted by atomic mass is 9.97. The molecule has 0 fully saturated rings. The van der Waals surface area contributed by atoms with E-state index in [0.29, 0.717) is 22.5 Å². The summed E-state index contributed by atoms with van der Waals surface area (Å²) in [5, 5.41) is 11.5. The van der Waals surface area contributed by atoms with Gasteiger partial charge in [-0.25, -0.2) is 9.59 Å².